The highest BCUT2D eigenvalue weighted by molar-refractivity contribution is 5.66. The fraction of sp³-hybridized carbons (Fsp3) is 0.286. The Kier molecular flexibility index (Phi) is 3.29. The Balaban J connectivity index is 1.96. The number of anilines is 2. The van der Waals surface area contributed by atoms with Crippen LogP contribution in [0.4, 0.5) is 11.6 Å². The monoisotopic (exact) mass is 256 g/mol. The van der Waals surface area contributed by atoms with Crippen LogP contribution >= 0.6 is 0 Å². The number of nitrogens with two attached hydrogens (primary N) is 1. The summed E-state index contributed by atoms with van der Waals surface area (Å²) in [5, 5.41) is 0. The van der Waals surface area contributed by atoms with Crippen LogP contribution < -0.4 is 10.6 Å². The Morgan fingerprint density at radius 2 is 1.84 bits per heavy atom. The molecule has 2 N–H and O–H groups in total. The summed E-state index contributed by atoms with van der Waals surface area (Å²) in [4.78, 5) is 11.0. The summed E-state index contributed by atoms with van der Waals surface area (Å²) >= 11 is 0. The van der Waals surface area contributed by atoms with Crippen LogP contribution in [0.2, 0.25) is 0 Å². The normalized spacial score (nSPS) is 15.5. The van der Waals surface area contributed by atoms with Gasteiger partial charge >= 0.3 is 0 Å². The van der Waals surface area contributed by atoms with Crippen molar-refractivity contribution in [2.24, 2.45) is 0 Å². The van der Waals surface area contributed by atoms with Crippen LogP contribution in [0.5, 0.6) is 0 Å². The molecule has 0 unspecified atom stereocenters. The fourth-order valence-electron chi connectivity index (χ4n) is 2.14. The first-order chi connectivity index (χ1) is 9.34. The average molecular weight is 256 g/mol. The van der Waals surface area contributed by atoms with E-state index in [2.05, 4.69) is 14.9 Å². The molecule has 5 heteroatoms. The molecule has 2 heterocycles. The average Bonchev–Trinajstić information content (AvgIpc) is 2.49. The van der Waals surface area contributed by atoms with Crippen LogP contribution in [0.25, 0.3) is 11.3 Å². The summed E-state index contributed by atoms with van der Waals surface area (Å²) in [7, 11) is 0. The van der Waals surface area contributed by atoms with E-state index in [1.807, 2.05) is 30.3 Å². The molecule has 98 valence electrons. The van der Waals surface area contributed by atoms with E-state index in [4.69, 9.17) is 10.5 Å². The van der Waals surface area contributed by atoms with Crippen LogP contribution in [0, 0.1) is 0 Å². The third-order valence-corrected chi connectivity index (χ3v) is 3.16. The molecule has 0 radical (unpaired) electrons. The second-order valence-corrected chi connectivity index (χ2v) is 4.43. The lowest BCUT2D eigenvalue weighted by Crippen LogP contribution is -2.37. The lowest BCUT2D eigenvalue weighted by atomic mass is 10.2. The molecular weight excluding hydrogens is 240 g/mol. The predicted octanol–water partition coefficient (Wildman–Crippen LogP) is 1.56. The Morgan fingerprint density at radius 3 is 2.58 bits per heavy atom. The van der Waals surface area contributed by atoms with E-state index in [9.17, 15) is 0 Å². The summed E-state index contributed by atoms with van der Waals surface area (Å²) in [5.41, 5.74) is 7.83. The quantitative estimate of drug-likeness (QED) is 0.883. The first-order valence-corrected chi connectivity index (χ1v) is 6.35. The number of aromatic nitrogens is 2. The standard InChI is InChI=1S/C14H16N4O/c15-13-14(18-6-8-19-9-7-18)17-12(10-16-13)11-4-2-1-3-5-11/h1-5,10H,6-9H2,(H2,15,16). The number of hydrogen-bond acceptors (Lipinski definition) is 5. The predicted molar refractivity (Wildman–Crippen MR) is 74.9 cm³/mol. The van der Waals surface area contributed by atoms with Gasteiger partial charge in [-0.2, -0.15) is 0 Å². The van der Waals surface area contributed by atoms with E-state index in [0.717, 1.165) is 30.2 Å². The molecule has 3 rings (SSSR count). The first-order valence-electron chi connectivity index (χ1n) is 6.35. The van der Waals surface area contributed by atoms with Crippen molar-refractivity contribution >= 4 is 11.6 Å². The topological polar surface area (TPSA) is 64.3 Å². The van der Waals surface area contributed by atoms with Gasteiger partial charge in [-0.05, 0) is 0 Å². The number of morpholine rings is 1. The minimum absolute atomic E-state index is 0.474. The highest BCUT2D eigenvalue weighted by atomic mass is 16.5. The molecule has 0 spiro atoms. The molecule has 1 saturated heterocycles. The molecule has 19 heavy (non-hydrogen) atoms. The second-order valence-electron chi connectivity index (χ2n) is 4.43. The first kappa shape index (κ1) is 11.9. The van der Waals surface area contributed by atoms with Gasteiger partial charge in [0.2, 0.25) is 0 Å². The minimum atomic E-state index is 0.474. The zero-order chi connectivity index (χ0) is 13.1. The van der Waals surface area contributed by atoms with Crippen LogP contribution in [0.3, 0.4) is 0 Å². The Labute approximate surface area is 112 Å². The third-order valence-electron chi connectivity index (χ3n) is 3.16. The Morgan fingerprint density at radius 1 is 1.11 bits per heavy atom. The van der Waals surface area contributed by atoms with Crippen molar-refractivity contribution in [1.29, 1.82) is 0 Å². The minimum Gasteiger partial charge on any atom is -0.381 e. The fourth-order valence-corrected chi connectivity index (χ4v) is 2.14. The van der Waals surface area contributed by atoms with Gasteiger partial charge < -0.3 is 15.4 Å². The molecule has 1 aromatic carbocycles. The zero-order valence-corrected chi connectivity index (χ0v) is 10.6. The molecule has 1 aliphatic rings. The molecular formula is C14H16N4O. The lowest BCUT2D eigenvalue weighted by Gasteiger charge is -2.28. The van der Waals surface area contributed by atoms with E-state index in [1.54, 1.807) is 6.20 Å². The van der Waals surface area contributed by atoms with Crippen LogP contribution in [-0.4, -0.2) is 36.3 Å². The summed E-state index contributed by atoms with van der Waals surface area (Å²) in [5.74, 6) is 1.23. The zero-order valence-electron chi connectivity index (χ0n) is 10.6. The van der Waals surface area contributed by atoms with Crippen LogP contribution in [-0.2, 0) is 4.74 Å². The van der Waals surface area contributed by atoms with E-state index < -0.39 is 0 Å². The van der Waals surface area contributed by atoms with E-state index in [0.29, 0.717) is 19.0 Å². The van der Waals surface area contributed by atoms with Gasteiger partial charge in [0.15, 0.2) is 11.6 Å². The third kappa shape index (κ3) is 2.51. The molecule has 1 aliphatic heterocycles. The molecule has 0 saturated carbocycles. The number of nitrogen functional groups attached to an aromatic ring is 1. The lowest BCUT2D eigenvalue weighted by molar-refractivity contribution is 0.122. The van der Waals surface area contributed by atoms with Gasteiger partial charge in [0.05, 0.1) is 25.1 Å². The molecule has 2 aromatic rings. The van der Waals surface area contributed by atoms with E-state index in [-0.39, 0.29) is 0 Å². The molecule has 1 aromatic heterocycles. The molecule has 1 fully saturated rings. The maximum Gasteiger partial charge on any atom is 0.172 e. The SMILES string of the molecule is Nc1ncc(-c2ccccc2)nc1N1CCOCC1. The van der Waals surface area contributed by atoms with E-state index in [1.165, 1.54) is 0 Å². The van der Waals surface area contributed by atoms with Crippen molar-refractivity contribution < 1.29 is 4.74 Å². The van der Waals surface area contributed by atoms with Gasteiger partial charge in [-0.3, -0.25) is 0 Å². The van der Waals surface area contributed by atoms with Crippen molar-refractivity contribution in [3.63, 3.8) is 0 Å². The highest BCUT2D eigenvalue weighted by Crippen LogP contribution is 2.24. The molecule has 5 nitrogen and oxygen atoms in total. The summed E-state index contributed by atoms with van der Waals surface area (Å²) in [6, 6.07) is 9.99. The number of nitrogens with zero attached hydrogens (tertiary/aromatic N) is 3. The number of ether oxygens (including phenoxy) is 1. The Hall–Kier alpha value is -2.14. The van der Waals surface area contributed by atoms with Crippen molar-refractivity contribution in [3.05, 3.63) is 36.5 Å². The van der Waals surface area contributed by atoms with Gasteiger partial charge in [-0.1, -0.05) is 30.3 Å². The van der Waals surface area contributed by atoms with Crippen molar-refractivity contribution in [3.8, 4) is 11.3 Å². The van der Waals surface area contributed by atoms with Crippen molar-refractivity contribution in [2.75, 3.05) is 36.9 Å². The second kappa shape index (κ2) is 5.24. The van der Waals surface area contributed by atoms with Gasteiger partial charge in [0, 0.05) is 18.7 Å². The number of rotatable bonds is 2. The van der Waals surface area contributed by atoms with E-state index >= 15 is 0 Å². The molecule has 0 bridgehead atoms. The number of benzene rings is 1. The van der Waals surface area contributed by atoms with Gasteiger partial charge in [0.1, 0.15) is 0 Å². The van der Waals surface area contributed by atoms with Gasteiger partial charge in [-0.25, -0.2) is 9.97 Å². The molecule has 0 aliphatic carbocycles. The van der Waals surface area contributed by atoms with Crippen molar-refractivity contribution in [2.45, 2.75) is 0 Å². The maximum atomic E-state index is 5.94. The Bertz CT molecular complexity index is 553. The maximum absolute atomic E-state index is 5.94. The van der Waals surface area contributed by atoms with Gasteiger partial charge in [-0.15, -0.1) is 0 Å². The van der Waals surface area contributed by atoms with Gasteiger partial charge in [0.25, 0.3) is 0 Å². The van der Waals surface area contributed by atoms with Crippen LogP contribution in [0.15, 0.2) is 36.5 Å². The molecule has 0 atom stereocenters. The van der Waals surface area contributed by atoms with Crippen molar-refractivity contribution in [1.82, 2.24) is 9.97 Å². The number of hydrogen-bond donors (Lipinski definition) is 1. The van der Waals surface area contributed by atoms with Crippen LogP contribution in [0.1, 0.15) is 0 Å². The highest BCUT2D eigenvalue weighted by Gasteiger charge is 2.16. The smallest absolute Gasteiger partial charge is 0.172 e. The largest absolute Gasteiger partial charge is 0.381 e. The molecule has 0 amide bonds. The summed E-state index contributed by atoms with van der Waals surface area (Å²) in [6.07, 6.45) is 1.72. The summed E-state index contributed by atoms with van der Waals surface area (Å²) in [6.45, 7) is 3.02. The summed E-state index contributed by atoms with van der Waals surface area (Å²) < 4.78 is 5.35.